The fraction of sp³-hybridized carbons (Fsp3) is 0.500. The van der Waals surface area contributed by atoms with Gasteiger partial charge < -0.3 is 10.2 Å². The van der Waals surface area contributed by atoms with E-state index >= 15 is 0 Å². The summed E-state index contributed by atoms with van der Waals surface area (Å²) >= 11 is 0. The van der Waals surface area contributed by atoms with Gasteiger partial charge in [-0.1, -0.05) is 18.9 Å². The minimum absolute atomic E-state index is 0.0320. The third kappa shape index (κ3) is 3.42. The fourth-order valence-corrected chi connectivity index (χ4v) is 4.44. The molecular formula is C14H19NO5S. The Balaban J connectivity index is 2.37. The van der Waals surface area contributed by atoms with Crippen molar-refractivity contribution in [2.24, 2.45) is 0 Å². The zero-order valence-electron chi connectivity index (χ0n) is 11.6. The first-order valence-corrected chi connectivity index (χ1v) is 8.37. The monoisotopic (exact) mass is 313 g/mol. The number of rotatable bonds is 6. The Labute approximate surface area is 124 Å². The molecule has 1 aromatic rings. The highest BCUT2D eigenvalue weighted by molar-refractivity contribution is 7.89. The smallest absolute Gasteiger partial charge is 0.335 e. The van der Waals surface area contributed by atoms with E-state index in [2.05, 4.69) is 0 Å². The lowest BCUT2D eigenvalue weighted by Crippen LogP contribution is -2.40. The lowest BCUT2D eigenvalue weighted by Gasteiger charge is -2.27. The van der Waals surface area contributed by atoms with Crippen molar-refractivity contribution < 1.29 is 23.4 Å². The molecule has 0 aliphatic heterocycles. The maximum atomic E-state index is 12.7. The number of aliphatic hydroxyl groups excluding tert-OH is 1. The van der Waals surface area contributed by atoms with Crippen molar-refractivity contribution in [3.8, 4) is 0 Å². The second kappa shape index (κ2) is 6.55. The highest BCUT2D eigenvalue weighted by atomic mass is 32.2. The summed E-state index contributed by atoms with van der Waals surface area (Å²) in [5.41, 5.74) is -0.0635. The van der Waals surface area contributed by atoms with E-state index in [4.69, 9.17) is 10.2 Å². The predicted octanol–water partition coefficient (Wildman–Crippen LogP) is 1.31. The predicted molar refractivity (Wildman–Crippen MR) is 76.6 cm³/mol. The molecule has 0 radical (unpaired) electrons. The summed E-state index contributed by atoms with van der Waals surface area (Å²) in [5, 5.41) is 18.1. The number of benzene rings is 1. The SMILES string of the molecule is O=C(O)c1cccc(S(=O)(=O)N(CCO)C2CCCC2)c1. The Hall–Kier alpha value is -1.44. The van der Waals surface area contributed by atoms with Gasteiger partial charge in [-0.15, -0.1) is 0 Å². The summed E-state index contributed by atoms with van der Waals surface area (Å²) in [6.07, 6.45) is 3.49. The van der Waals surface area contributed by atoms with Crippen LogP contribution in [0.15, 0.2) is 29.2 Å². The first-order valence-electron chi connectivity index (χ1n) is 6.93. The molecule has 2 rings (SSSR count). The molecule has 1 aliphatic carbocycles. The number of aromatic carboxylic acids is 1. The number of carbonyl (C=O) groups is 1. The van der Waals surface area contributed by atoms with Gasteiger partial charge in [0.1, 0.15) is 0 Å². The van der Waals surface area contributed by atoms with E-state index in [0.717, 1.165) is 31.7 Å². The Morgan fingerprint density at radius 2 is 1.95 bits per heavy atom. The van der Waals surface area contributed by atoms with Crippen LogP contribution in [-0.2, 0) is 10.0 Å². The average Bonchev–Trinajstić information content (AvgIpc) is 2.98. The molecule has 0 spiro atoms. The van der Waals surface area contributed by atoms with Crippen molar-refractivity contribution in [1.29, 1.82) is 0 Å². The molecule has 21 heavy (non-hydrogen) atoms. The highest BCUT2D eigenvalue weighted by Gasteiger charge is 2.33. The highest BCUT2D eigenvalue weighted by Crippen LogP contribution is 2.28. The van der Waals surface area contributed by atoms with E-state index in [1.54, 1.807) is 0 Å². The lowest BCUT2D eigenvalue weighted by molar-refractivity contribution is 0.0696. The molecule has 1 aromatic carbocycles. The number of carboxylic acids is 1. The minimum atomic E-state index is -3.79. The Kier molecular flexibility index (Phi) is 4.97. The topological polar surface area (TPSA) is 94.9 Å². The summed E-state index contributed by atoms with van der Waals surface area (Å²) in [6, 6.07) is 5.21. The zero-order valence-corrected chi connectivity index (χ0v) is 12.4. The van der Waals surface area contributed by atoms with E-state index in [0.29, 0.717) is 0 Å². The van der Waals surface area contributed by atoms with Crippen LogP contribution in [0.25, 0.3) is 0 Å². The first-order chi connectivity index (χ1) is 9.96. The molecule has 0 aromatic heterocycles. The van der Waals surface area contributed by atoms with Gasteiger partial charge in [0.2, 0.25) is 10.0 Å². The van der Waals surface area contributed by atoms with Gasteiger partial charge in [0.25, 0.3) is 0 Å². The molecule has 6 nitrogen and oxygen atoms in total. The van der Waals surface area contributed by atoms with Crippen molar-refractivity contribution >= 4 is 16.0 Å². The van der Waals surface area contributed by atoms with Gasteiger partial charge in [-0.3, -0.25) is 0 Å². The maximum absolute atomic E-state index is 12.7. The molecule has 0 atom stereocenters. The van der Waals surface area contributed by atoms with Gasteiger partial charge in [-0.2, -0.15) is 4.31 Å². The number of carboxylic acid groups (broad SMARTS) is 1. The summed E-state index contributed by atoms with van der Waals surface area (Å²) in [7, 11) is -3.79. The van der Waals surface area contributed by atoms with Crippen LogP contribution in [-0.4, -0.2) is 48.1 Å². The summed E-state index contributed by atoms with van der Waals surface area (Å²) in [5.74, 6) is -1.17. The third-order valence-corrected chi connectivity index (χ3v) is 5.69. The minimum Gasteiger partial charge on any atom is -0.478 e. The maximum Gasteiger partial charge on any atom is 0.335 e. The summed E-state index contributed by atoms with van der Waals surface area (Å²) in [6.45, 7) is -0.224. The van der Waals surface area contributed by atoms with Gasteiger partial charge in [-0.05, 0) is 31.0 Å². The summed E-state index contributed by atoms with van der Waals surface area (Å²) < 4.78 is 26.7. The molecule has 0 amide bonds. The van der Waals surface area contributed by atoms with Gasteiger partial charge in [0.05, 0.1) is 17.1 Å². The first kappa shape index (κ1) is 15.9. The van der Waals surface area contributed by atoms with Crippen LogP contribution >= 0.6 is 0 Å². The number of sulfonamides is 1. The largest absolute Gasteiger partial charge is 0.478 e. The van der Waals surface area contributed by atoms with Crippen molar-refractivity contribution in [3.63, 3.8) is 0 Å². The molecule has 1 aliphatic rings. The van der Waals surface area contributed by atoms with Gasteiger partial charge >= 0.3 is 5.97 Å². The van der Waals surface area contributed by atoms with Crippen molar-refractivity contribution in [3.05, 3.63) is 29.8 Å². The molecule has 7 heteroatoms. The zero-order chi connectivity index (χ0) is 15.5. The van der Waals surface area contributed by atoms with E-state index in [1.807, 2.05) is 0 Å². The molecule has 1 saturated carbocycles. The molecule has 1 fully saturated rings. The Morgan fingerprint density at radius 1 is 1.29 bits per heavy atom. The van der Waals surface area contributed by atoms with Gasteiger partial charge in [0.15, 0.2) is 0 Å². The normalized spacial score (nSPS) is 16.5. The number of aliphatic hydroxyl groups is 1. The fourth-order valence-electron chi connectivity index (χ4n) is 2.71. The quantitative estimate of drug-likeness (QED) is 0.825. The lowest BCUT2D eigenvalue weighted by atomic mass is 10.2. The molecular weight excluding hydrogens is 294 g/mol. The molecule has 0 heterocycles. The molecule has 0 bridgehead atoms. The second-order valence-electron chi connectivity index (χ2n) is 5.11. The average molecular weight is 313 g/mol. The van der Waals surface area contributed by atoms with Gasteiger partial charge in [0, 0.05) is 12.6 Å². The van der Waals surface area contributed by atoms with Crippen LogP contribution in [0.1, 0.15) is 36.0 Å². The van der Waals surface area contributed by atoms with Crippen LogP contribution in [0.2, 0.25) is 0 Å². The van der Waals surface area contributed by atoms with Crippen molar-refractivity contribution in [2.45, 2.75) is 36.6 Å². The van der Waals surface area contributed by atoms with E-state index in [-0.39, 0.29) is 29.7 Å². The van der Waals surface area contributed by atoms with Gasteiger partial charge in [-0.25, -0.2) is 13.2 Å². The molecule has 116 valence electrons. The van der Waals surface area contributed by atoms with Crippen molar-refractivity contribution in [2.75, 3.05) is 13.2 Å². The standard InChI is InChI=1S/C14H19NO5S/c16-9-8-15(12-5-1-2-6-12)21(19,20)13-7-3-4-11(10-13)14(17)18/h3-4,7,10,12,16H,1-2,5-6,8-9H2,(H,17,18). The third-order valence-electron chi connectivity index (χ3n) is 3.74. The molecule has 0 unspecified atom stereocenters. The molecule has 2 N–H and O–H groups in total. The second-order valence-corrected chi connectivity index (χ2v) is 7.00. The van der Waals surface area contributed by atoms with E-state index in [9.17, 15) is 13.2 Å². The van der Waals surface area contributed by atoms with Crippen LogP contribution in [0.5, 0.6) is 0 Å². The van der Waals surface area contributed by atoms with Crippen LogP contribution in [0.3, 0.4) is 0 Å². The van der Waals surface area contributed by atoms with Crippen LogP contribution < -0.4 is 0 Å². The number of hydrogen-bond donors (Lipinski definition) is 2. The Bertz CT molecular complexity index is 608. The summed E-state index contributed by atoms with van der Waals surface area (Å²) in [4.78, 5) is 10.9. The van der Waals surface area contributed by atoms with E-state index < -0.39 is 16.0 Å². The Morgan fingerprint density at radius 3 is 2.52 bits per heavy atom. The number of nitrogens with zero attached hydrogens (tertiary/aromatic N) is 1. The van der Waals surface area contributed by atoms with Crippen molar-refractivity contribution in [1.82, 2.24) is 4.31 Å². The van der Waals surface area contributed by atoms with Crippen LogP contribution in [0.4, 0.5) is 0 Å². The molecule has 0 saturated heterocycles. The van der Waals surface area contributed by atoms with E-state index in [1.165, 1.54) is 22.5 Å². The number of hydrogen-bond acceptors (Lipinski definition) is 4. The van der Waals surface area contributed by atoms with Crippen LogP contribution in [0, 0.1) is 0 Å².